The van der Waals surface area contributed by atoms with Crippen LogP contribution in [0.25, 0.3) is 0 Å². The van der Waals surface area contributed by atoms with Crippen LogP contribution in [-0.2, 0) is 36.5 Å². The third-order valence-electron chi connectivity index (χ3n) is 7.02. The molecule has 3 aromatic carbocycles. The second kappa shape index (κ2) is 7.69. The number of anilines is 1. The second-order valence-corrected chi connectivity index (χ2v) is 8.64. The quantitative estimate of drug-likeness (QED) is 0.541. The molecule has 0 aromatic heterocycles. The van der Waals surface area contributed by atoms with Gasteiger partial charge in [0.15, 0.2) is 0 Å². The Kier molecular flexibility index (Phi) is 4.93. The first-order chi connectivity index (χ1) is 16.0. The van der Waals surface area contributed by atoms with Crippen molar-refractivity contribution in [2.45, 2.75) is 31.2 Å². The van der Waals surface area contributed by atoms with Gasteiger partial charge in [-0.05, 0) is 36.6 Å². The molecule has 1 aliphatic heterocycles. The van der Waals surface area contributed by atoms with Gasteiger partial charge in [-0.2, -0.15) is 0 Å². The summed E-state index contributed by atoms with van der Waals surface area (Å²) >= 11 is 0. The zero-order valence-electron chi connectivity index (χ0n) is 18.7. The molecule has 1 unspecified atom stereocenters. The summed E-state index contributed by atoms with van der Waals surface area (Å²) in [5, 5.41) is 0. The van der Waals surface area contributed by atoms with Gasteiger partial charge in [0.1, 0.15) is 16.6 Å². The van der Waals surface area contributed by atoms with E-state index in [2.05, 4.69) is 0 Å². The van der Waals surface area contributed by atoms with Crippen LogP contribution in [0.3, 0.4) is 0 Å². The zero-order valence-corrected chi connectivity index (χ0v) is 18.7. The lowest BCUT2D eigenvalue weighted by atomic mass is 9.82. The Labute approximate surface area is 193 Å². The fourth-order valence-corrected chi connectivity index (χ4v) is 5.88. The van der Waals surface area contributed by atoms with Crippen molar-refractivity contribution in [3.63, 3.8) is 0 Å². The van der Waals surface area contributed by atoms with Crippen LogP contribution in [-0.4, -0.2) is 24.3 Å². The Morgan fingerprint density at radius 3 is 2.15 bits per heavy atom. The number of carbonyl (C=O) groups excluding carboxylic acids is 3. The maximum atomic E-state index is 14.3. The van der Waals surface area contributed by atoms with Gasteiger partial charge < -0.3 is 9.64 Å². The molecule has 1 amide bonds. The predicted molar refractivity (Wildman–Crippen MR) is 125 cm³/mol. The molecule has 0 bridgehead atoms. The van der Waals surface area contributed by atoms with Crippen LogP contribution < -0.4 is 4.90 Å². The molecule has 1 heterocycles. The van der Waals surface area contributed by atoms with Crippen molar-refractivity contribution in [1.29, 1.82) is 0 Å². The van der Waals surface area contributed by atoms with Crippen molar-refractivity contribution in [1.82, 2.24) is 0 Å². The first-order valence-electron chi connectivity index (χ1n) is 11.2. The number of benzene rings is 3. The molecule has 5 heteroatoms. The molecule has 5 rings (SSSR count). The van der Waals surface area contributed by atoms with Crippen molar-refractivity contribution in [3.05, 3.63) is 102 Å². The topological polar surface area (TPSA) is 63.7 Å². The number of esters is 1. The highest BCUT2D eigenvalue weighted by molar-refractivity contribution is 6.22. The van der Waals surface area contributed by atoms with Crippen LogP contribution in [0.5, 0.6) is 0 Å². The monoisotopic (exact) mass is 439 g/mol. The van der Waals surface area contributed by atoms with E-state index in [1.165, 1.54) is 6.92 Å². The van der Waals surface area contributed by atoms with Gasteiger partial charge in [-0.25, -0.2) is 0 Å². The number of fused-ring (bicyclic) bond motifs is 2. The number of amides is 1. The maximum absolute atomic E-state index is 14.3. The Morgan fingerprint density at radius 1 is 0.909 bits per heavy atom. The van der Waals surface area contributed by atoms with Gasteiger partial charge in [0.2, 0.25) is 5.91 Å². The van der Waals surface area contributed by atoms with Crippen molar-refractivity contribution < 1.29 is 19.1 Å². The minimum absolute atomic E-state index is 0.164. The van der Waals surface area contributed by atoms with Crippen LogP contribution in [0.15, 0.2) is 84.9 Å². The first-order valence-corrected chi connectivity index (χ1v) is 11.2. The number of ketones is 1. The molecule has 33 heavy (non-hydrogen) atoms. The number of hydrogen-bond acceptors (Lipinski definition) is 4. The highest BCUT2D eigenvalue weighted by atomic mass is 16.5. The van der Waals surface area contributed by atoms with Crippen LogP contribution in [0, 0.1) is 5.92 Å². The Balaban J connectivity index is 1.75. The van der Waals surface area contributed by atoms with E-state index in [0.717, 1.165) is 11.3 Å². The summed E-state index contributed by atoms with van der Waals surface area (Å²) in [5.41, 5.74) is 0.335. The van der Waals surface area contributed by atoms with Gasteiger partial charge >= 0.3 is 5.97 Å². The lowest BCUT2D eigenvalue weighted by Gasteiger charge is -2.22. The second-order valence-electron chi connectivity index (χ2n) is 8.64. The molecule has 2 aliphatic rings. The third kappa shape index (κ3) is 2.68. The molecule has 0 saturated heterocycles. The normalized spacial score (nSPS) is 25.1. The average Bonchev–Trinajstić information content (AvgIpc) is 3.44. The number of carbonyl (C=O) groups is 3. The van der Waals surface area contributed by atoms with Crippen molar-refractivity contribution in [2.24, 2.45) is 5.92 Å². The van der Waals surface area contributed by atoms with Gasteiger partial charge in [-0.1, -0.05) is 78.9 Å². The summed E-state index contributed by atoms with van der Waals surface area (Å²) < 4.78 is 5.55. The molecule has 3 atom stereocenters. The minimum atomic E-state index is -1.39. The van der Waals surface area contributed by atoms with E-state index in [1.807, 2.05) is 84.9 Å². The average molecular weight is 440 g/mol. The lowest BCUT2D eigenvalue weighted by molar-refractivity contribution is -0.148. The molecule has 5 nitrogen and oxygen atoms in total. The fraction of sp³-hybridized carbons (Fsp3) is 0.250. The molecule has 166 valence electrons. The van der Waals surface area contributed by atoms with Crippen molar-refractivity contribution in [2.75, 3.05) is 11.5 Å². The molecular weight excluding hydrogens is 414 g/mol. The van der Waals surface area contributed by atoms with Gasteiger partial charge in [0.05, 0.1) is 19.1 Å². The van der Waals surface area contributed by atoms with E-state index in [1.54, 1.807) is 11.8 Å². The van der Waals surface area contributed by atoms with Gasteiger partial charge in [0.25, 0.3) is 0 Å². The van der Waals surface area contributed by atoms with Crippen LogP contribution >= 0.6 is 0 Å². The van der Waals surface area contributed by atoms with Crippen molar-refractivity contribution >= 4 is 23.3 Å². The number of rotatable bonds is 6. The van der Waals surface area contributed by atoms with Gasteiger partial charge in [0, 0.05) is 5.69 Å². The molecule has 1 spiro atoms. The third-order valence-corrected chi connectivity index (χ3v) is 7.02. The summed E-state index contributed by atoms with van der Waals surface area (Å²) in [5.74, 6) is -1.79. The smallest absolute Gasteiger partial charge is 0.318 e. The Hall–Kier alpha value is -3.73. The number of ether oxygens (including phenoxy) is 1. The first kappa shape index (κ1) is 21.1. The zero-order chi connectivity index (χ0) is 23.2. The lowest BCUT2D eigenvalue weighted by Crippen LogP contribution is -2.40. The number of Topliss-reactive ketones (excluding diaryl/α,β-unsaturated/α-hetero) is 1. The fourth-order valence-electron chi connectivity index (χ4n) is 5.88. The van der Waals surface area contributed by atoms with Gasteiger partial charge in [-0.3, -0.25) is 14.4 Å². The molecule has 3 aromatic rings. The maximum Gasteiger partial charge on any atom is 0.318 e. The molecule has 1 aliphatic carbocycles. The standard InChI is InChI=1S/C28H25NO4/c1-3-33-26(32)27(21-14-8-5-9-15-21)24(19(2)30)28(27)22-16-10-11-17-23(22)29(25(28)31)18-20-12-6-4-7-13-20/h4-17,24H,3,18H2,1-2H3/t24-,27+,28?/m1/s1. The summed E-state index contributed by atoms with van der Waals surface area (Å²) in [7, 11) is 0. The van der Waals surface area contributed by atoms with Crippen LogP contribution in [0.2, 0.25) is 0 Å². The summed E-state index contributed by atoms with van der Waals surface area (Å²) in [6.07, 6.45) is 0. The van der Waals surface area contributed by atoms with Crippen molar-refractivity contribution in [3.8, 4) is 0 Å². The Bertz CT molecular complexity index is 1240. The molecule has 0 radical (unpaired) electrons. The molecule has 0 N–H and O–H groups in total. The van der Waals surface area contributed by atoms with Crippen LogP contribution in [0.1, 0.15) is 30.5 Å². The highest BCUT2D eigenvalue weighted by Crippen LogP contribution is 2.75. The van der Waals surface area contributed by atoms with E-state index in [4.69, 9.17) is 4.74 Å². The number of para-hydroxylation sites is 1. The summed E-state index contributed by atoms with van der Waals surface area (Å²) in [6.45, 7) is 3.72. The van der Waals surface area contributed by atoms with E-state index in [9.17, 15) is 14.4 Å². The summed E-state index contributed by atoms with van der Waals surface area (Å²) in [4.78, 5) is 42.8. The van der Waals surface area contributed by atoms with E-state index in [-0.39, 0.29) is 18.3 Å². The van der Waals surface area contributed by atoms with E-state index < -0.39 is 22.7 Å². The van der Waals surface area contributed by atoms with E-state index >= 15 is 0 Å². The molecule has 1 saturated carbocycles. The number of nitrogens with zero attached hydrogens (tertiary/aromatic N) is 1. The molecule has 1 fully saturated rings. The van der Waals surface area contributed by atoms with Gasteiger partial charge in [-0.15, -0.1) is 0 Å². The SMILES string of the molecule is CCOC(=O)[C@]1(c2ccccc2)[C@@H](C(C)=O)C12C(=O)N(Cc1ccccc1)c1ccccc12. The predicted octanol–water partition coefficient (Wildman–Crippen LogP) is 4.19. The van der Waals surface area contributed by atoms with Crippen LogP contribution in [0.4, 0.5) is 5.69 Å². The summed E-state index contributed by atoms with van der Waals surface area (Å²) in [6, 6.07) is 26.4. The van der Waals surface area contributed by atoms with E-state index in [0.29, 0.717) is 17.7 Å². The molecular formula is C28H25NO4. The highest BCUT2D eigenvalue weighted by Gasteiger charge is 2.90. The largest absolute Gasteiger partial charge is 0.465 e. The minimum Gasteiger partial charge on any atom is -0.465 e. The number of hydrogen-bond donors (Lipinski definition) is 0. The Morgan fingerprint density at radius 2 is 1.52 bits per heavy atom.